The zero-order chi connectivity index (χ0) is 20.9. The Labute approximate surface area is 234 Å². The fourth-order valence-electron chi connectivity index (χ4n) is 3.53. The van der Waals surface area contributed by atoms with Crippen LogP contribution < -0.4 is 56.5 Å². The van der Waals surface area contributed by atoms with Gasteiger partial charge in [-0.1, -0.05) is 80.1 Å². The standard InChI is InChI=1S/C22H22ClN6O.K.H2O/c1-2-3-8-20-24-21(23)19(14-30)29(20)13-15-9-11-16(12-10-15)17-6-4-5-7-18(17)22-25-27-28-26-22;;/h4-7,9-12H,2-3,8,13-14H2,1H3,(H,25,26,27,28);;1H2/q-1;+1;. The number of imidazole rings is 1. The van der Waals surface area contributed by atoms with E-state index in [1.54, 1.807) is 0 Å². The van der Waals surface area contributed by atoms with E-state index in [-0.39, 0.29) is 63.5 Å². The summed E-state index contributed by atoms with van der Waals surface area (Å²) in [4.78, 5) is 4.43. The van der Waals surface area contributed by atoms with Crippen molar-refractivity contribution in [3.8, 4) is 22.5 Å². The molecule has 2 aromatic carbocycles. The molecule has 0 radical (unpaired) electrons. The van der Waals surface area contributed by atoms with Gasteiger partial charge in [-0.05, 0) is 28.3 Å². The van der Waals surface area contributed by atoms with Gasteiger partial charge in [0.2, 0.25) is 5.82 Å². The zero-order valence-electron chi connectivity index (χ0n) is 18.2. The van der Waals surface area contributed by atoms with Crippen LogP contribution in [0.4, 0.5) is 0 Å². The molecule has 2 heterocycles. The van der Waals surface area contributed by atoms with Gasteiger partial charge in [0.15, 0.2) is 0 Å². The molecule has 8 nitrogen and oxygen atoms in total. The molecule has 4 aromatic rings. The van der Waals surface area contributed by atoms with Gasteiger partial charge < -0.3 is 15.1 Å². The van der Waals surface area contributed by atoms with Crippen molar-refractivity contribution in [2.75, 3.05) is 0 Å². The first-order valence-corrected chi connectivity index (χ1v) is 10.3. The number of halogens is 1. The van der Waals surface area contributed by atoms with Crippen LogP contribution in [0.1, 0.15) is 36.8 Å². The van der Waals surface area contributed by atoms with Crippen LogP contribution in [-0.2, 0) is 19.6 Å². The van der Waals surface area contributed by atoms with Crippen molar-refractivity contribution in [1.29, 1.82) is 0 Å². The van der Waals surface area contributed by atoms with Crippen LogP contribution in [0.2, 0.25) is 5.15 Å². The molecule has 0 amide bonds. The van der Waals surface area contributed by atoms with E-state index in [1.807, 2.05) is 28.8 Å². The van der Waals surface area contributed by atoms with Gasteiger partial charge in [0.05, 0.1) is 0 Å². The molecule has 0 saturated carbocycles. The molecule has 0 spiro atoms. The Kier molecular flexibility index (Phi) is 10.7. The van der Waals surface area contributed by atoms with Crippen molar-refractivity contribution < 1.29 is 62.0 Å². The smallest absolute Gasteiger partial charge is 0.850 e. The van der Waals surface area contributed by atoms with Crippen LogP contribution in [0.3, 0.4) is 0 Å². The van der Waals surface area contributed by atoms with Crippen molar-refractivity contribution >= 4 is 11.6 Å². The molecular weight excluding hydrogens is 455 g/mol. The SMILES string of the molecule is CCCCc1nc(Cl)c(C[O-])n1Cc1ccc(-c2ccccc2-c2nn[nH]n2)cc1.O.[K+]. The van der Waals surface area contributed by atoms with Crippen molar-refractivity contribution in [2.45, 2.75) is 39.3 Å². The van der Waals surface area contributed by atoms with Gasteiger partial charge in [0, 0.05) is 24.2 Å². The van der Waals surface area contributed by atoms with E-state index in [0.29, 0.717) is 23.2 Å². The fraction of sp³-hybridized carbons (Fsp3) is 0.273. The van der Waals surface area contributed by atoms with E-state index < -0.39 is 0 Å². The first-order chi connectivity index (χ1) is 14.7. The number of H-pyrrole nitrogens is 1. The van der Waals surface area contributed by atoms with Gasteiger partial charge in [-0.3, -0.25) is 0 Å². The number of benzene rings is 2. The predicted octanol–water partition coefficient (Wildman–Crippen LogP) is -0.186. The van der Waals surface area contributed by atoms with E-state index in [0.717, 1.165) is 47.3 Å². The summed E-state index contributed by atoms with van der Waals surface area (Å²) in [5, 5.41) is 26.4. The molecule has 0 unspecified atom stereocenters. The summed E-state index contributed by atoms with van der Waals surface area (Å²) < 4.78 is 1.97. The minimum atomic E-state index is -0.381. The summed E-state index contributed by atoms with van der Waals surface area (Å²) in [5.74, 6) is 1.43. The van der Waals surface area contributed by atoms with E-state index >= 15 is 0 Å². The second kappa shape index (κ2) is 12.7. The molecule has 0 aliphatic carbocycles. The average molecular weight is 479 g/mol. The van der Waals surface area contributed by atoms with Crippen molar-refractivity contribution in [3.05, 3.63) is 70.8 Å². The van der Waals surface area contributed by atoms with E-state index in [9.17, 15) is 5.11 Å². The Balaban J connectivity index is 0.00000181. The Morgan fingerprint density at radius 1 is 1.06 bits per heavy atom. The topological polar surface area (TPSA) is 127 Å². The molecule has 0 fully saturated rings. The van der Waals surface area contributed by atoms with Crippen LogP contribution in [0.5, 0.6) is 0 Å². The fourth-order valence-corrected chi connectivity index (χ4v) is 3.79. The van der Waals surface area contributed by atoms with E-state index in [1.165, 1.54) is 0 Å². The number of rotatable bonds is 8. The first kappa shape index (κ1) is 26.8. The number of aromatic amines is 1. The minimum Gasteiger partial charge on any atom is -0.850 e. The van der Waals surface area contributed by atoms with Crippen LogP contribution in [0.25, 0.3) is 22.5 Å². The predicted molar refractivity (Wildman–Crippen MR) is 117 cm³/mol. The maximum absolute atomic E-state index is 11.7. The molecule has 4 rings (SSSR count). The molecular formula is C22H24ClKN6O2. The van der Waals surface area contributed by atoms with Crippen LogP contribution >= 0.6 is 11.6 Å². The summed E-state index contributed by atoms with van der Waals surface area (Å²) in [6, 6.07) is 16.2. The Hall–Kier alpha value is -1.43. The maximum Gasteiger partial charge on any atom is 1.00 e. The molecule has 162 valence electrons. The number of nitrogens with one attached hydrogen (secondary N) is 1. The Bertz CT molecular complexity index is 1120. The van der Waals surface area contributed by atoms with Crippen LogP contribution in [-0.4, -0.2) is 35.7 Å². The third-order valence-electron chi connectivity index (χ3n) is 5.11. The van der Waals surface area contributed by atoms with Gasteiger partial charge in [0.25, 0.3) is 0 Å². The Morgan fingerprint density at radius 2 is 1.78 bits per heavy atom. The van der Waals surface area contributed by atoms with Gasteiger partial charge >= 0.3 is 51.4 Å². The number of unbranched alkanes of at least 4 members (excludes halogenated alkanes) is 1. The molecule has 0 aliphatic heterocycles. The maximum atomic E-state index is 11.7. The van der Waals surface area contributed by atoms with Crippen LogP contribution in [0.15, 0.2) is 48.5 Å². The normalized spacial score (nSPS) is 10.5. The molecule has 2 aromatic heterocycles. The number of aromatic nitrogens is 6. The van der Waals surface area contributed by atoms with Gasteiger partial charge in [-0.2, -0.15) is 5.21 Å². The molecule has 3 N–H and O–H groups in total. The molecule has 0 bridgehead atoms. The number of aryl methyl sites for hydroxylation is 1. The summed E-state index contributed by atoms with van der Waals surface area (Å²) >= 11 is 6.22. The number of hydrogen-bond donors (Lipinski definition) is 1. The third kappa shape index (κ3) is 5.92. The largest absolute Gasteiger partial charge is 1.00 e. The molecule has 10 heteroatoms. The summed E-state index contributed by atoms with van der Waals surface area (Å²) in [6.07, 6.45) is 2.88. The quantitative estimate of drug-likeness (QED) is 0.351. The second-order valence-electron chi connectivity index (χ2n) is 7.08. The molecule has 32 heavy (non-hydrogen) atoms. The third-order valence-corrected chi connectivity index (χ3v) is 5.41. The van der Waals surface area contributed by atoms with Crippen molar-refractivity contribution in [2.24, 2.45) is 0 Å². The first-order valence-electron chi connectivity index (χ1n) is 9.95. The number of tetrazole rings is 1. The molecule has 0 aliphatic rings. The summed E-state index contributed by atoms with van der Waals surface area (Å²) in [5.41, 5.74) is 4.63. The average Bonchev–Trinajstić information content (AvgIpc) is 3.41. The molecule has 0 saturated heterocycles. The van der Waals surface area contributed by atoms with Gasteiger partial charge in [0.1, 0.15) is 11.0 Å². The monoisotopic (exact) mass is 478 g/mol. The van der Waals surface area contributed by atoms with E-state index in [4.69, 9.17) is 11.6 Å². The Morgan fingerprint density at radius 3 is 2.41 bits per heavy atom. The van der Waals surface area contributed by atoms with Crippen molar-refractivity contribution in [3.63, 3.8) is 0 Å². The summed E-state index contributed by atoms with van der Waals surface area (Å²) in [7, 11) is 0. The zero-order valence-corrected chi connectivity index (χ0v) is 22.1. The number of nitrogens with zero attached hydrogens (tertiary/aromatic N) is 5. The van der Waals surface area contributed by atoms with Crippen LogP contribution in [0, 0.1) is 0 Å². The number of hydrogen-bond acceptors (Lipinski definition) is 5. The second-order valence-corrected chi connectivity index (χ2v) is 7.44. The van der Waals surface area contributed by atoms with Gasteiger partial charge in [-0.25, -0.2) is 4.98 Å². The van der Waals surface area contributed by atoms with E-state index in [2.05, 4.69) is 56.8 Å². The van der Waals surface area contributed by atoms with Crippen molar-refractivity contribution in [1.82, 2.24) is 30.2 Å². The van der Waals surface area contributed by atoms with Gasteiger partial charge in [-0.15, -0.1) is 10.2 Å². The minimum absolute atomic E-state index is 0. The summed E-state index contributed by atoms with van der Waals surface area (Å²) in [6.45, 7) is 2.33. The molecule has 0 atom stereocenters.